The molecule has 63 heavy (non-hydrogen) atoms. The first-order valence-corrected chi connectivity index (χ1v) is 22.6. The number of carbonyl (C=O) groups is 1. The number of fused-ring (bicyclic) bond motifs is 1. The van der Waals surface area contributed by atoms with Gasteiger partial charge in [-0.1, -0.05) is 42.5 Å². The molecule has 0 radical (unpaired) electrons. The Morgan fingerprint density at radius 3 is 1.87 bits per heavy atom. The molecule has 0 spiro atoms. The van der Waals surface area contributed by atoms with Crippen molar-refractivity contribution in [1.29, 1.82) is 0 Å². The second kappa shape index (κ2) is 22.5. The van der Waals surface area contributed by atoms with Crippen LogP contribution in [0.3, 0.4) is 0 Å². The van der Waals surface area contributed by atoms with Crippen molar-refractivity contribution in [3.05, 3.63) is 184 Å². The Balaban J connectivity index is 1.17. The van der Waals surface area contributed by atoms with Crippen LogP contribution in [-0.4, -0.2) is 101 Å². The van der Waals surface area contributed by atoms with E-state index in [0.717, 1.165) is 26.7 Å². The first-order valence-electron chi connectivity index (χ1n) is 20.8. The zero-order valence-corrected chi connectivity index (χ0v) is 36.3. The van der Waals surface area contributed by atoms with Crippen LogP contribution in [0.4, 0.5) is 4.79 Å². The van der Waals surface area contributed by atoms with Crippen LogP contribution in [0.5, 0.6) is 0 Å². The normalized spacial score (nSPS) is 27.9. The Morgan fingerprint density at radius 2 is 1.27 bits per heavy atom. The van der Waals surface area contributed by atoms with Gasteiger partial charge in [0.05, 0.1) is 0 Å². The van der Waals surface area contributed by atoms with Crippen LogP contribution < -0.4 is 4.46 Å². The zero-order chi connectivity index (χ0) is 43.2. The average molecular weight is 923 g/mol. The van der Waals surface area contributed by atoms with Gasteiger partial charge in [0.25, 0.3) is 0 Å². The first kappa shape index (κ1) is 44.5. The molecule has 328 valence electrons. The fraction of sp³-hybridized carbons (Fsp3) is 0.354. The molecule has 11 atom stereocenters. The van der Waals surface area contributed by atoms with Gasteiger partial charge < -0.3 is 0 Å². The Bertz CT molecular complexity index is 2190. The third kappa shape index (κ3) is 11.7. The summed E-state index contributed by atoms with van der Waals surface area (Å²) >= 11 is -0.357. The number of methoxy groups -OCH3 is 1. The summed E-state index contributed by atoms with van der Waals surface area (Å²) in [5.74, 6) is 0. The fourth-order valence-corrected chi connectivity index (χ4v) is 10.1. The van der Waals surface area contributed by atoms with E-state index in [4.69, 9.17) is 47.4 Å². The molecule has 3 aliphatic rings. The van der Waals surface area contributed by atoms with Crippen LogP contribution in [0.15, 0.2) is 157 Å². The number of carbonyl (C=O) groups excluding carboxylic acids is 1. The van der Waals surface area contributed by atoms with E-state index in [2.05, 4.69) is 10.0 Å². The number of ether oxygens (including phenoxy) is 10. The van der Waals surface area contributed by atoms with Gasteiger partial charge in [-0.2, -0.15) is 0 Å². The van der Waals surface area contributed by atoms with Crippen molar-refractivity contribution in [3.8, 4) is 0 Å². The zero-order valence-electron chi connectivity index (χ0n) is 34.6. The molecular formula is C48H49N3O11Se. The Kier molecular flexibility index (Phi) is 15.9. The SMILES string of the molecule is COC(=O)O[C@H]1[C@H](O[C@@H]2[C@@H](N=[N+]=[N-])[C@@H]([Se]c3ccccc3)O[C@@H]3COC(c4ccccc4)O[C@H]23)O[C@H](COCc2ccccc2)[C@H](OCc2ccccc2)[C@@H]1OCc1ccccc1. The molecule has 8 rings (SSSR count). The number of nitrogens with zero attached hydrogens (tertiary/aromatic N) is 3. The number of rotatable bonds is 17. The molecule has 15 heteroatoms. The van der Waals surface area contributed by atoms with Crippen molar-refractivity contribution >= 4 is 25.6 Å². The van der Waals surface area contributed by atoms with Crippen molar-refractivity contribution in [2.24, 2.45) is 5.11 Å². The third-order valence-corrected chi connectivity index (χ3v) is 13.3. The number of azide groups is 1. The van der Waals surface area contributed by atoms with Crippen LogP contribution in [-0.2, 0) is 67.2 Å². The molecule has 0 aliphatic carbocycles. The Hall–Kier alpha value is -5.12. The summed E-state index contributed by atoms with van der Waals surface area (Å²) in [6.07, 6.45) is -9.53. The molecule has 1 unspecified atom stereocenters. The van der Waals surface area contributed by atoms with E-state index in [-0.39, 0.29) is 48.0 Å². The quantitative estimate of drug-likeness (QED) is 0.0306. The fourth-order valence-electron chi connectivity index (χ4n) is 7.76. The van der Waals surface area contributed by atoms with E-state index in [0.29, 0.717) is 0 Å². The van der Waals surface area contributed by atoms with E-state index in [1.165, 1.54) is 7.11 Å². The molecule has 14 nitrogen and oxygen atoms in total. The van der Waals surface area contributed by atoms with Crippen molar-refractivity contribution < 1.29 is 52.2 Å². The molecule has 0 N–H and O–H groups in total. The molecular weight excluding hydrogens is 873 g/mol. The Morgan fingerprint density at radius 1 is 0.698 bits per heavy atom. The Labute approximate surface area is 372 Å². The van der Waals surface area contributed by atoms with Crippen LogP contribution >= 0.6 is 0 Å². The minimum atomic E-state index is -1.35. The number of hydrogen-bond donors (Lipinski definition) is 0. The molecule has 3 aliphatic heterocycles. The summed E-state index contributed by atoms with van der Waals surface area (Å²) in [6, 6.07) is 47.6. The van der Waals surface area contributed by atoms with E-state index < -0.39 is 72.5 Å². The monoisotopic (exact) mass is 923 g/mol. The predicted molar refractivity (Wildman–Crippen MR) is 230 cm³/mol. The van der Waals surface area contributed by atoms with E-state index in [9.17, 15) is 10.3 Å². The summed E-state index contributed by atoms with van der Waals surface area (Å²) in [7, 11) is 1.22. The maximum atomic E-state index is 13.3. The number of hydrogen-bond acceptors (Lipinski definition) is 12. The average Bonchev–Trinajstić information content (AvgIpc) is 3.33. The molecule has 5 aromatic carbocycles. The maximum absolute atomic E-state index is 13.3. The number of benzene rings is 5. The van der Waals surface area contributed by atoms with Gasteiger partial charge in [0.1, 0.15) is 0 Å². The van der Waals surface area contributed by atoms with Crippen LogP contribution in [0.2, 0.25) is 0 Å². The van der Waals surface area contributed by atoms with Crippen molar-refractivity contribution in [3.63, 3.8) is 0 Å². The second-order valence-corrected chi connectivity index (χ2v) is 17.5. The third-order valence-electron chi connectivity index (χ3n) is 10.8. The van der Waals surface area contributed by atoms with Gasteiger partial charge in [0.15, 0.2) is 0 Å². The van der Waals surface area contributed by atoms with E-state index in [1.807, 2.05) is 152 Å². The van der Waals surface area contributed by atoms with Gasteiger partial charge in [-0.3, -0.25) is 0 Å². The summed E-state index contributed by atoms with van der Waals surface area (Å²) in [6.45, 7) is 0.814. The summed E-state index contributed by atoms with van der Waals surface area (Å²) < 4.78 is 65.7. The van der Waals surface area contributed by atoms with E-state index >= 15 is 0 Å². The van der Waals surface area contributed by atoms with Gasteiger partial charge in [0.2, 0.25) is 0 Å². The predicted octanol–water partition coefficient (Wildman–Crippen LogP) is 7.18. The van der Waals surface area contributed by atoms with Crippen molar-refractivity contribution in [2.75, 3.05) is 20.3 Å². The van der Waals surface area contributed by atoms with Crippen LogP contribution in [0.25, 0.3) is 10.4 Å². The van der Waals surface area contributed by atoms with Crippen molar-refractivity contribution in [1.82, 2.24) is 0 Å². The van der Waals surface area contributed by atoms with Gasteiger partial charge in [-0.15, -0.1) is 0 Å². The van der Waals surface area contributed by atoms with Crippen LogP contribution in [0.1, 0.15) is 28.5 Å². The molecule has 0 amide bonds. The summed E-state index contributed by atoms with van der Waals surface area (Å²) in [5.41, 5.74) is 13.7. The van der Waals surface area contributed by atoms with Crippen LogP contribution in [0, 0.1) is 0 Å². The second-order valence-electron chi connectivity index (χ2n) is 15.0. The topological polar surface area (TPSA) is 158 Å². The minimum absolute atomic E-state index is 0.0458. The standard InChI is InChI=1S/C48H49N3O11Se/c1-53-48(52)62-44-43(56-29-34-21-11-4-12-22-34)40(55-28-33-19-9-3-10-20-33)37(30-54-27-32-17-7-2-8-18-32)58-46(44)61-42-39(50-51-49)47(63-36-25-15-6-16-26-36)59-38-31-57-45(60-41(38)42)35-23-13-5-14-24-35/h2-26,37-47H,27-31H2,1H3/t37-,38-,39-,40+,41+,42-,43+,44-,45?,46+,47-/m1/s1. The van der Waals surface area contributed by atoms with Crippen molar-refractivity contribution in [2.45, 2.75) is 86.2 Å². The molecule has 3 fully saturated rings. The molecule has 3 heterocycles. The summed E-state index contributed by atoms with van der Waals surface area (Å²) in [5, 5.41) is 3.72. The molecule has 5 aromatic rings. The van der Waals surface area contributed by atoms with E-state index in [1.54, 1.807) is 0 Å². The summed E-state index contributed by atoms with van der Waals surface area (Å²) in [4.78, 5) is 16.6. The van der Waals surface area contributed by atoms with Gasteiger partial charge >= 0.3 is 331 Å². The molecule has 0 saturated carbocycles. The molecule has 0 aromatic heterocycles. The molecule has 3 saturated heterocycles. The van der Waals surface area contributed by atoms with Gasteiger partial charge in [0, 0.05) is 0 Å². The van der Waals surface area contributed by atoms with Gasteiger partial charge in [-0.25, -0.2) is 0 Å². The molecule has 0 bridgehead atoms. The van der Waals surface area contributed by atoms with Gasteiger partial charge in [-0.05, 0) is 0 Å². The first-order chi connectivity index (χ1) is 31.1.